The minimum absolute atomic E-state index is 0.0661. The van der Waals surface area contributed by atoms with Gasteiger partial charge in [-0.1, -0.05) is 0 Å². The lowest BCUT2D eigenvalue weighted by Gasteiger charge is -2.29. The molecule has 0 spiro atoms. The summed E-state index contributed by atoms with van der Waals surface area (Å²) in [5.74, 6) is 0.427. The van der Waals surface area contributed by atoms with Gasteiger partial charge in [0.05, 0.1) is 42.0 Å². The Hall–Kier alpha value is -3.27. The van der Waals surface area contributed by atoms with Crippen LogP contribution < -0.4 is 10.1 Å². The first-order valence-electron chi connectivity index (χ1n) is 8.57. The topological polar surface area (TPSA) is 98.3 Å². The highest BCUT2D eigenvalue weighted by atomic mass is 19.4. The van der Waals surface area contributed by atoms with Crippen LogP contribution in [0.5, 0.6) is 5.75 Å². The Labute approximate surface area is 164 Å². The Morgan fingerprint density at radius 3 is 2.52 bits per heavy atom. The number of hydrogen-bond donors (Lipinski definition) is 2. The van der Waals surface area contributed by atoms with Crippen LogP contribution in [0.1, 0.15) is 16.7 Å². The van der Waals surface area contributed by atoms with Crippen LogP contribution in [0, 0.1) is 22.7 Å². The highest BCUT2D eigenvalue weighted by Crippen LogP contribution is 2.34. The standard InChI is InChI=1S/C20H16F3N3O3/c21-20(22,23)17-7-15(4-3-14(17)9-25)26-11-19(27)12-28-10-18(19)29-16-5-1-13(8-24)2-6-16/h1-7,18,26-27H,10-12H2. The van der Waals surface area contributed by atoms with E-state index in [1.165, 1.54) is 12.1 Å². The van der Waals surface area contributed by atoms with E-state index in [1.54, 1.807) is 24.3 Å². The molecular formula is C20H16F3N3O3. The van der Waals surface area contributed by atoms with Crippen LogP contribution >= 0.6 is 0 Å². The summed E-state index contributed by atoms with van der Waals surface area (Å²) in [6.07, 6.45) is -5.43. The van der Waals surface area contributed by atoms with Gasteiger partial charge in [-0.3, -0.25) is 0 Å². The number of nitrogens with one attached hydrogen (secondary N) is 1. The Kier molecular flexibility index (Phi) is 5.64. The van der Waals surface area contributed by atoms with Gasteiger partial charge in [0.25, 0.3) is 0 Å². The summed E-state index contributed by atoms with van der Waals surface area (Å²) < 4.78 is 50.4. The molecule has 2 N–H and O–H groups in total. The van der Waals surface area contributed by atoms with Crippen molar-refractivity contribution in [3.63, 3.8) is 0 Å². The van der Waals surface area contributed by atoms with E-state index in [4.69, 9.17) is 20.0 Å². The van der Waals surface area contributed by atoms with Gasteiger partial charge in [-0.25, -0.2) is 0 Å². The smallest absolute Gasteiger partial charge is 0.417 e. The molecule has 1 heterocycles. The molecule has 0 bridgehead atoms. The lowest BCUT2D eigenvalue weighted by Crippen LogP contribution is -2.50. The molecule has 2 atom stereocenters. The molecule has 9 heteroatoms. The second-order valence-electron chi connectivity index (χ2n) is 6.58. The van der Waals surface area contributed by atoms with E-state index >= 15 is 0 Å². The summed E-state index contributed by atoms with van der Waals surface area (Å²) in [5.41, 5.74) is -2.45. The fourth-order valence-electron chi connectivity index (χ4n) is 2.91. The molecule has 0 amide bonds. The zero-order valence-electron chi connectivity index (χ0n) is 15.0. The predicted octanol–water partition coefficient (Wildman–Crippen LogP) is 3.07. The van der Waals surface area contributed by atoms with E-state index in [0.717, 1.165) is 12.1 Å². The highest BCUT2D eigenvalue weighted by molar-refractivity contribution is 5.53. The lowest BCUT2D eigenvalue weighted by atomic mass is 9.99. The summed E-state index contributed by atoms with van der Waals surface area (Å²) in [6.45, 7) is -0.0974. The average Bonchev–Trinajstić information content (AvgIpc) is 3.06. The minimum Gasteiger partial charge on any atom is -0.485 e. The quantitative estimate of drug-likeness (QED) is 0.796. The third-order valence-corrected chi connectivity index (χ3v) is 4.53. The number of anilines is 1. The van der Waals surface area contributed by atoms with E-state index in [-0.39, 0.29) is 25.4 Å². The summed E-state index contributed by atoms with van der Waals surface area (Å²) in [7, 11) is 0. The van der Waals surface area contributed by atoms with Gasteiger partial charge in [-0.2, -0.15) is 23.7 Å². The van der Waals surface area contributed by atoms with Crippen LogP contribution in [-0.2, 0) is 10.9 Å². The predicted molar refractivity (Wildman–Crippen MR) is 96.0 cm³/mol. The Bertz CT molecular complexity index is 964. The molecule has 0 aliphatic carbocycles. The SMILES string of the molecule is N#Cc1ccc(OC2COCC2(O)CNc2ccc(C#N)c(C(F)(F)F)c2)cc1. The van der Waals surface area contributed by atoms with E-state index in [2.05, 4.69) is 5.32 Å². The number of nitrogens with zero attached hydrogens (tertiary/aromatic N) is 2. The van der Waals surface area contributed by atoms with Crippen molar-refractivity contribution >= 4 is 5.69 Å². The minimum atomic E-state index is -4.67. The van der Waals surface area contributed by atoms with Crippen molar-refractivity contribution in [3.8, 4) is 17.9 Å². The van der Waals surface area contributed by atoms with Crippen molar-refractivity contribution in [1.29, 1.82) is 10.5 Å². The molecule has 0 aromatic heterocycles. The second-order valence-corrected chi connectivity index (χ2v) is 6.58. The molecule has 1 saturated heterocycles. The van der Waals surface area contributed by atoms with Gasteiger partial charge >= 0.3 is 6.18 Å². The Morgan fingerprint density at radius 1 is 1.17 bits per heavy atom. The number of alkyl halides is 3. The molecular weight excluding hydrogens is 387 g/mol. The van der Waals surface area contributed by atoms with Crippen LogP contribution in [0.15, 0.2) is 42.5 Å². The van der Waals surface area contributed by atoms with Crippen molar-refractivity contribution in [2.24, 2.45) is 0 Å². The highest BCUT2D eigenvalue weighted by Gasteiger charge is 2.44. The molecule has 2 unspecified atom stereocenters. The van der Waals surface area contributed by atoms with Crippen molar-refractivity contribution in [3.05, 3.63) is 59.2 Å². The van der Waals surface area contributed by atoms with Gasteiger partial charge in [-0.15, -0.1) is 0 Å². The van der Waals surface area contributed by atoms with E-state index in [9.17, 15) is 18.3 Å². The Morgan fingerprint density at radius 2 is 1.90 bits per heavy atom. The summed E-state index contributed by atoms with van der Waals surface area (Å²) in [6, 6.07) is 13.0. The molecule has 1 aliphatic heterocycles. The fraction of sp³-hybridized carbons (Fsp3) is 0.300. The third-order valence-electron chi connectivity index (χ3n) is 4.53. The van der Waals surface area contributed by atoms with Crippen molar-refractivity contribution in [2.45, 2.75) is 17.9 Å². The van der Waals surface area contributed by atoms with E-state index < -0.39 is 29.0 Å². The summed E-state index contributed by atoms with van der Waals surface area (Å²) in [5, 5.41) is 31.3. The number of rotatable bonds is 5. The fourth-order valence-corrected chi connectivity index (χ4v) is 2.91. The first-order chi connectivity index (χ1) is 13.7. The van der Waals surface area contributed by atoms with Gasteiger partial charge in [0.2, 0.25) is 0 Å². The van der Waals surface area contributed by atoms with Gasteiger partial charge in [0.1, 0.15) is 11.4 Å². The molecule has 1 fully saturated rings. The largest absolute Gasteiger partial charge is 0.485 e. The van der Waals surface area contributed by atoms with Crippen LogP contribution in [0.3, 0.4) is 0 Å². The van der Waals surface area contributed by atoms with Crippen molar-refractivity contribution in [1.82, 2.24) is 0 Å². The Balaban J connectivity index is 1.71. The van der Waals surface area contributed by atoms with Gasteiger partial charge in [0.15, 0.2) is 6.10 Å². The molecule has 150 valence electrons. The van der Waals surface area contributed by atoms with Crippen molar-refractivity contribution in [2.75, 3.05) is 25.1 Å². The molecule has 3 rings (SSSR count). The normalized spacial score (nSPS) is 21.2. The summed E-state index contributed by atoms with van der Waals surface area (Å²) in [4.78, 5) is 0. The molecule has 2 aromatic carbocycles. The monoisotopic (exact) mass is 403 g/mol. The summed E-state index contributed by atoms with van der Waals surface area (Å²) >= 11 is 0. The number of benzene rings is 2. The third kappa shape index (κ3) is 4.60. The molecule has 29 heavy (non-hydrogen) atoms. The van der Waals surface area contributed by atoms with Crippen LogP contribution in [0.4, 0.5) is 18.9 Å². The zero-order valence-corrected chi connectivity index (χ0v) is 15.0. The van der Waals surface area contributed by atoms with E-state index in [0.29, 0.717) is 11.3 Å². The molecule has 1 aliphatic rings. The second kappa shape index (κ2) is 8.00. The average molecular weight is 403 g/mol. The molecule has 0 radical (unpaired) electrons. The maximum atomic E-state index is 13.1. The molecule has 2 aromatic rings. The maximum absolute atomic E-state index is 13.1. The number of nitriles is 2. The number of aliphatic hydroxyl groups is 1. The first-order valence-corrected chi connectivity index (χ1v) is 8.57. The van der Waals surface area contributed by atoms with Crippen LogP contribution in [0.25, 0.3) is 0 Å². The van der Waals surface area contributed by atoms with Gasteiger partial charge < -0.3 is 19.9 Å². The lowest BCUT2D eigenvalue weighted by molar-refractivity contribution is -0.137. The number of ether oxygens (including phenoxy) is 2. The van der Waals surface area contributed by atoms with Gasteiger partial charge in [-0.05, 0) is 42.5 Å². The van der Waals surface area contributed by atoms with Crippen LogP contribution in [-0.4, -0.2) is 36.6 Å². The van der Waals surface area contributed by atoms with E-state index in [1.807, 2.05) is 6.07 Å². The van der Waals surface area contributed by atoms with Crippen LogP contribution in [0.2, 0.25) is 0 Å². The molecule has 0 saturated carbocycles. The number of hydrogen-bond acceptors (Lipinski definition) is 6. The maximum Gasteiger partial charge on any atom is 0.417 e. The first kappa shape index (κ1) is 20.5. The zero-order chi connectivity index (χ0) is 21.1. The molecule has 6 nitrogen and oxygen atoms in total. The number of halogens is 3. The van der Waals surface area contributed by atoms with Gasteiger partial charge in [0, 0.05) is 12.2 Å². The van der Waals surface area contributed by atoms with Crippen molar-refractivity contribution < 1.29 is 27.8 Å².